The van der Waals surface area contributed by atoms with Gasteiger partial charge >= 0.3 is 6.09 Å². The summed E-state index contributed by atoms with van der Waals surface area (Å²) in [5.74, 6) is 0.755. The molecule has 1 aliphatic carbocycles. The van der Waals surface area contributed by atoms with Crippen molar-refractivity contribution in [2.75, 3.05) is 13.7 Å². The van der Waals surface area contributed by atoms with Crippen LogP contribution in [0.5, 0.6) is 0 Å². The van der Waals surface area contributed by atoms with Gasteiger partial charge in [-0.1, -0.05) is 25.7 Å². The van der Waals surface area contributed by atoms with E-state index in [0.717, 1.165) is 57.9 Å². The molecule has 0 bridgehead atoms. The topological polar surface area (TPSA) is 98.8 Å². The number of carboxylic acid groups (broad SMARTS) is 1. The van der Waals surface area contributed by atoms with E-state index in [9.17, 15) is 9.90 Å². The average Bonchev–Trinajstić information content (AvgIpc) is 3.44. The highest BCUT2D eigenvalue weighted by molar-refractivity contribution is 6.76. The lowest BCUT2D eigenvalue weighted by atomic mass is 9.86. The van der Waals surface area contributed by atoms with Crippen molar-refractivity contribution < 1.29 is 23.8 Å². The number of fused-ring (bicyclic) bond motifs is 1. The van der Waals surface area contributed by atoms with Crippen molar-refractivity contribution >= 4 is 30.8 Å². The monoisotopic (exact) mass is 497 g/mol. The Morgan fingerprint density at radius 1 is 1.37 bits per heavy atom. The summed E-state index contributed by atoms with van der Waals surface area (Å²) >= 11 is 0. The van der Waals surface area contributed by atoms with Crippen LogP contribution in [0.4, 0.5) is 4.79 Å². The zero-order valence-corrected chi connectivity index (χ0v) is 22.0. The molecule has 8 nitrogen and oxygen atoms in total. The maximum atomic E-state index is 11.3. The van der Waals surface area contributed by atoms with Crippen LogP contribution >= 0.6 is 0 Å². The van der Waals surface area contributed by atoms with E-state index in [1.165, 1.54) is 0 Å². The number of methoxy groups -OCH3 is 1. The summed E-state index contributed by atoms with van der Waals surface area (Å²) in [5, 5.41) is 12.9. The van der Waals surface area contributed by atoms with Gasteiger partial charge in [0.2, 0.25) is 0 Å². The molecule has 0 radical (unpaired) electrons. The quantitative estimate of drug-likeness (QED) is 0.265. The summed E-state index contributed by atoms with van der Waals surface area (Å²) in [6.07, 6.45) is 8.97. The Kier molecular flexibility index (Phi) is 7.78. The molecule has 0 saturated carbocycles. The number of hydrogen-bond acceptors (Lipinski definition) is 5. The van der Waals surface area contributed by atoms with Crippen LogP contribution < -0.4 is 5.32 Å². The van der Waals surface area contributed by atoms with Gasteiger partial charge in [-0.2, -0.15) is 0 Å². The van der Waals surface area contributed by atoms with E-state index in [2.05, 4.69) is 31.0 Å². The second kappa shape index (κ2) is 10.8. The Labute approximate surface area is 206 Å². The third-order valence-electron chi connectivity index (χ3n) is 6.30. The molecule has 3 heterocycles. The summed E-state index contributed by atoms with van der Waals surface area (Å²) in [6, 6.07) is 4.79. The fourth-order valence-corrected chi connectivity index (χ4v) is 5.35. The van der Waals surface area contributed by atoms with Gasteiger partial charge in [-0.05, 0) is 48.6 Å². The van der Waals surface area contributed by atoms with Gasteiger partial charge in [0, 0.05) is 56.7 Å². The van der Waals surface area contributed by atoms with E-state index in [-0.39, 0.29) is 6.04 Å². The van der Waals surface area contributed by atoms with E-state index in [1.807, 2.05) is 29.1 Å². The van der Waals surface area contributed by atoms with Gasteiger partial charge in [0.15, 0.2) is 0 Å². The SMILES string of the molecule is COCc1cnc2c(c(-c3ccco3)cn2COCC[Si](C)(C)C)c1C1=CCCC(NC(=O)O)C1. The summed E-state index contributed by atoms with van der Waals surface area (Å²) in [7, 11) is 0.482. The van der Waals surface area contributed by atoms with Crippen LogP contribution in [0.1, 0.15) is 30.4 Å². The fourth-order valence-electron chi connectivity index (χ4n) is 4.60. The lowest BCUT2D eigenvalue weighted by molar-refractivity contribution is 0.0899. The first kappa shape index (κ1) is 25.2. The predicted octanol–water partition coefficient (Wildman–Crippen LogP) is 5.96. The van der Waals surface area contributed by atoms with E-state index in [0.29, 0.717) is 26.4 Å². The van der Waals surface area contributed by atoms with Crippen molar-refractivity contribution in [1.82, 2.24) is 14.9 Å². The van der Waals surface area contributed by atoms with E-state index >= 15 is 0 Å². The van der Waals surface area contributed by atoms with Crippen molar-refractivity contribution in [3.05, 3.63) is 48.0 Å². The minimum Gasteiger partial charge on any atom is -0.465 e. The molecule has 1 amide bonds. The summed E-state index contributed by atoms with van der Waals surface area (Å²) < 4.78 is 19.4. The number of nitrogens with zero attached hydrogens (tertiary/aromatic N) is 2. The van der Waals surface area contributed by atoms with Gasteiger partial charge in [-0.3, -0.25) is 0 Å². The Balaban J connectivity index is 1.79. The van der Waals surface area contributed by atoms with Crippen molar-refractivity contribution in [3.63, 3.8) is 0 Å². The molecular weight excluding hydrogens is 462 g/mol. The highest BCUT2D eigenvalue weighted by Gasteiger charge is 2.26. The van der Waals surface area contributed by atoms with Crippen molar-refractivity contribution in [1.29, 1.82) is 0 Å². The highest BCUT2D eigenvalue weighted by Crippen LogP contribution is 2.40. The molecular formula is C26H35N3O5Si. The van der Waals surface area contributed by atoms with Crippen molar-refractivity contribution in [2.24, 2.45) is 0 Å². The molecule has 9 heteroatoms. The summed E-state index contributed by atoms with van der Waals surface area (Å²) in [4.78, 5) is 16.1. The molecule has 0 spiro atoms. The molecule has 188 valence electrons. The first-order valence-corrected chi connectivity index (χ1v) is 15.8. The number of pyridine rings is 1. The number of rotatable bonds is 10. The van der Waals surface area contributed by atoms with Gasteiger partial charge in [0.25, 0.3) is 0 Å². The number of carbonyl (C=O) groups is 1. The van der Waals surface area contributed by atoms with Crippen LogP contribution in [-0.4, -0.2) is 48.6 Å². The molecule has 1 aliphatic rings. The molecule has 0 saturated heterocycles. The maximum absolute atomic E-state index is 11.3. The van der Waals surface area contributed by atoms with Crippen LogP contribution in [0.25, 0.3) is 27.9 Å². The number of furan rings is 1. The normalized spacial score (nSPS) is 16.5. The predicted molar refractivity (Wildman–Crippen MR) is 139 cm³/mol. The molecule has 1 unspecified atom stereocenters. The summed E-state index contributed by atoms with van der Waals surface area (Å²) in [6.45, 7) is 8.54. The van der Waals surface area contributed by atoms with Crippen LogP contribution in [0.3, 0.4) is 0 Å². The van der Waals surface area contributed by atoms with Crippen LogP contribution in [0, 0.1) is 0 Å². The number of ether oxygens (including phenoxy) is 2. The minimum absolute atomic E-state index is 0.134. The van der Waals surface area contributed by atoms with E-state index < -0.39 is 14.2 Å². The van der Waals surface area contributed by atoms with Crippen LogP contribution in [0.15, 0.2) is 41.3 Å². The largest absolute Gasteiger partial charge is 0.465 e. The van der Waals surface area contributed by atoms with Gasteiger partial charge in [0.1, 0.15) is 18.1 Å². The first-order chi connectivity index (χ1) is 16.8. The Morgan fingerprint density at radius 3 is 2.89 bits per heavy atom. The lowest BCUT2D eigenvalue weighted by Gasteiger charge is -2.25. The van der Waals surface area contributed by atoms with Gasteiger partial charge < -0.3 is 28.9 Å². The van der Waals surface area contributed by atoms with Crippen molar-refractivity contribution in [2.45, 2.75) is 64.3 Å². The number of aromatic nitrogens is 2. The van der Waals surface area contributed by atoms with E-state index in [4.69, 9.17) is 18.9 Å². The number of hydrogen-bond donors (Lipinski definition) is 2. The maximum Gasteiger partial charge on any atom is 0.404 e. The zero-order valence-electron chi connectivity index (χ0n) is 21.0. The fraction of sp³-hybridized carbons (Fsp3) is 0.462. The minimum atomic E-state index is -1.19. The third kappa shape index (κ3) is 6.03. The smallest absolute Gasteiger partial charge is 0.404 e. The molecule has 35 heavy (non-hydrogen) atoms. The average molecular weight is 498 g/mol. The molecule has 0 fully saturated rings. The Hall–Kier alpha value is -2.88. The standard InChI is InChI=1S/C26H35N3O5Si/c1-32-16-19-14-27-25-24(23(19)18-7-5-8-20(13-18)28-26(30)31)21(22-9-6-10-34-22)15-29(25)17-33-11-12-35(2,3)4/h6-7,9-10,14-15,20,28H,5,8,11-13,16-17H2,1-4H3,(H,30,31). The second-order valence-electron chi connectivity index (χ2n) is 10.3. The number of allylic oxidation sites excluding steroid dienone is 1. The third-order valence-corrected chi connectivity index (χ3v) is 8.00. The van der Waals surface area contributed by atoms with Crippen molar-refractivity contribution in [3.8, 4) is 11.3 Å². The van der Waals surface area contributed by atoms with Gasteiger partial charge in [-0.15, -0.1) is 0 Å². The molecule has 4 rings (SSSR count). The molecule has 3 aromatic heterocycles. The van der Waals surface area contributed by atoms with Crippen LogP contribution in [0.2, 0.25) is 25.7 Å². The van der Waals surface area contributed by atoms with Crippen LogP contribution in [-0.2, 0) is 22.8 Å². The molecule has 0 aliphatic heterocycles. The van der Waals surface area contributed by atoms with E-state index in [1.54, 1.807) is 13.4 Å². The Morgan fingerprint density at radius 2 is 2.20 bits per heavy atom. The highest BCUT2D eigenvalue weighted by atomic mass is 28.3. The second-order valence-corrected chi connectivity index (χ2v) is 15.9. The number of nitrogens with one attached hydrogen (secondary N) is 1. The zero-order chi connectivity index (χ0) is 25.0. The molecule has 1 atom stereocenters. The number of amides is 1. The first-order valence-electron chi connectivity index (χ1n) is 12.1. The lowest BCUT2D eigenvalue weighted by Crippen LogP contribution is -2.34. The molecule has 3 aromatic rings. The molecule has 0 aromatic carbocycles. The molecule has 2 N–H and O–H groups in total. The Bertz CT molecular complexity index is 1190. The van der Waals surface area contributed by atoms with Gasteiger partial charge in [0.05, 0.1) is 12.9 Å². The summed E-state index contributed by atoms with van der Waals surface area (Å²) in [5.41, 5.74) is 4.86. The van der Waals surface area contributed by atoms with Gasteiger partial charge in [-0.25, -0.2) is 9.78 Å².